The summed E-state index contributed by atoms with van der Waals surface area (Å²) in [4.78, 5) is 13.7. The highest BCUT2D eigenvalue weighted by atomic mass is 16.3. The number of carbonyl (C=O) groups is 1. The fourth-order valence-corrected chi connectivity index (χ4v) is 2.36. The molecule has 2 fully saturated rings. The highest BCUT2D eigenvalue weighted by molar-refractivity contribution is 5.86. The summed E-state index contributed by atoms with van der Waals surface area (Å²) in [5.74, 6) is -0.00407. The molecule has 15 heavy (non-hydrogen) atoms. The van der Waals surface area contributed by atoms with Crippen LogP contribution in [0.2, 0.25) is 0 Å². The highest BCUT2D eigenvalue weighted by Gasteiger charge is 2.42. The standard InChI is InChI=1S/C10H18N2O3/c1-10(3-2-4-11-10)9(15)12-5-7(13)8(14)6-12/h7-8,11,13-14H,2-6H2,1H3/t7-,8+,10?. The number of amides is 1. The van der Waals surface area contributed by atoms with E-state index >= 15 is 0 Å². The second kappa shape index (κ2) is 3.73. The molecule has 1 unspecified atom stereocenters. The molecule has 2 saturated heterocycles. The largest absolute Gasteiger partial charge is 0.388 e. The number of hydrogen-bond donors (Lipinski definition) is 3. The van der Waals surface area contributed by atoms with Crippen molar-refractivity contribution in [3.63, 3.8) is 0 Å². The van der Waals surface area contributed by atoms with Crippen molar-refractivity contribution >= 4 is 5.91 Å². The Hall–Kier alpha value is -0.650. The zero-order chi connectivity index (χ0) is 11.1. The van der Waals surface area contributed by atoms with E-state index in [0.717, 1.165) is 19.4 Å². The van der Waals surface area contributed by atoms with Gasteiger partial charge < -0.3 is 20.4 Å². The molecule has 86 valence electrons. The second-order valence-corrected chi connectivity index (χ2v) is 4.71. The van der Waals surface area contributed by atoms with Gasteiger partial charge in [-0.15, -0.1) is 0 Å². The van der Waals surface area contributed by atoms with Gasteiger partial charge in [0.25, 0.3) is 0 Å². The topological polar surface area (TPSA) is 72.8 Å². The van der Waals surface area contributed by atoms with Crippen LogP contribution >= 0.6 is 0 Å². The van der Waals surface area contributed by atoms with Gasteiger partial charge in [-0.2, -0.15) is 0 Å². The van der Waals surface area contributed by atoms with Crippen molar-refractivity contribution in [2.75, 3.05) is 19.6 Å². The Bertz CT molecular complexity index is 253. The smallest absolute Gasteiger partial charge is 0.242 e. The van der Waals surface area contributed by atoms with Crippen LogP contribution < -0.4 is 5.32 Å². The number of hydrogen-bond acceptors (Lipinski definition) is 4. The minimum atomic E-state index is -0.793. The number of nitrogens with zero attached hydrogens (tertiary/aromatic N) is 1. The molecule has 0 saturated carbocycles. The first-order valence-electron chi connectivity index (χ1n) is 5.43. The molecule has 0 radical (unpaired) electrons. The van der Waals surface area contributed by atoms with Gasteiger partial charge in [-0.3, -0.25) is 4.79 Å². The van der Waals surface area contributed by atoms with Crippen LogP contribution in [0.5, 0.6) is 0 Å². The molecule has 3 atom stereocenters. The quantitative estimate of drug-likeness (QED) is 0.507. The Balaban J connectivity index is 2.02. The molecule has 0 aromatic rings. The van der Waals surface area contributed by atoms with Gasteiger partial charge >= 0.3 is 0 Å². The molecule has 0 bridgehead atoms. The van der Waals surface area contributed by atoms with Gasteiger partial charge in [0.2, 0.25) is 5.91 Å². The molecular formula is C10H18N2O3. The van der Waals surface area contributed by atoms with Crippen molar-refractivity contribution in [3.8, 4) is 0 Å². The van der Waals surface area contributed by atoms with Crippen molar-refractivity contribution in [3.05, 3.63) is 0 Å². The summed E-state index contributed by atoms with van der Waals surface area (Å²) in [5, 5.41) is 21.9. The van der Waals surface area contributed by atoms with E-state index < -0.39 is 17.7 Å². The van der Waals surface area contributed by atoms with Crippen LogP contribution in [-0.4, -0.2) is 58.4 Å². The molecule has 2 aliphatic rings. The van der Waals surface area contributed by atoms with Crippen molar-refractivity contribution < 1.29 is 15.0 Å². The third-order valence-electron chi connectivity index (χ3n) is 3.39. The Labute approximate surface area is 89.1 Å². The lowest BCUT2D eigenvalue weighted by atomic mass is 9.99. The molecule has 5 nitrogen and oxygen atoms in total. The SMILES string of the molecule is CC1(C(=O)N2C[C@@H](O)[C@@H](O)C2)CCCN1. The van der Waals surface area contributed by atoms with E-state index in [1.165, 1.54) is 0 Å². The lowest BCUT2D eigenvalue weighted by molar-refractivity contribution is -0.136. The van der Waals surface area contributed by atoms with Crippen LogP contribution in [0.1, 0.15) is 19.8 Å². The molecule has 1 amide bonds. The number of aliphatic hydroxyl groups excluding tert-OH is 2. The first kappa shape index (κ1) is 10.9. The number of β-amino-alcohol motifs (C(OH)–C–C–N with tert-alkyl or cyclic N) is 2. The second-order valence-electron chi connectivity index (χ2n) is 4.71. The van der Waals surface area contributed by atoms with Gasteiger partial charge in [0.05, 0.1) is 17.7 Å². The Morgan fingerprint density at radius 2 is 2.00 bits per heavy atom. The van der Waals surface area contributed by atoms with E-state index in [1.54, 1.807) is 4.90 Å². The molecule has 5 heteroatoms. The van der Waals surface area contributed by atoms with Crippen LogP contribution in [0.4, 0.5) is 0 Å². The van der Waals surface area contributed by atoms with E-state index in [-0.39, 0.29) is 19.0 Å². The Morgan fingerprint density at radius 3 is 2.47 bits per heavy atom. The van der Waals surface area contributed by atoms with Gasteiger partial charge in [-0.1, -0.05) is 0 Å². The Morgan fingerprint density at radius 1 is 1.40 bits per heavy atom. The van der Waals surface area contributed by atoms with Crippen molar-refractivity contribution in [2.24, 2.45) is 0 Å². The normalized spacial score (nSPS) is 41.1. The van der Waals surface area contributed by atoms with E-state index in [4.69, 9.17) is 0 Å². The maximum Gasteiger partial charge on any atom is 0.242 e. The molecule has 0 spiro atoms. The van der Waals surface area contributed by atoms with Crippen LogP contribution in [0, 0.1) is 0 Å². The molecule has 0 aromatic carbocycles. The predicted octanol–water partition coefficient (Wildman–Crippen LogP) is -1.31. The highest BCUT2D eigenvalue weighted by Crippen LogP contribution is 2.23. The van der Waals surface area contributed by atoms with E-state index in [9.17, 15) is 15.0 Å². The Kier molecular flexibility index (Phi) is 2.70. The van der Waals surface area contributed by atoms with E-state index in [2.05, 4.69) is 5.32 Å². The van der Waals surface area contributed by atoms with Crippen LogP contribution in [0.15, 0.2) is 0 Å². The van der Waals surface area contributed by atoms with Crippen molar-refractivity contribution in [1.29, 1.82) is 0 Å². The van der Waals surface area contributed by atoms with Gasteiger partial charge in [0, 0.05) is 13.1 Å². The summed E-state index contributed by atoms with van der Waals surface area (Å²) in [6.45, 7) is 3.25. The zero-order valence-electron chi connectivity index (χ0n) is 8.94. The molecular weight excluding hydrogens is 196 g/mol. The van der Waals surface area contributed by atoms with Gasteiger partial charge in [0.15, 0.2) is 0 Å². The molecule has 2 aliphatic heterocycles. The number of likely N-dealkylation sites (tertiary alicyclic amines) is 1. The first-order chi connectivity index (χ1) is 7.03. The van der Waals surface area contributed by atoms with Gasteiger partial charge in [0.1, 0.15) is 0 Å². The zero-order valence-corrected chi connectivity index (χ0v) is 8.94. The lowest BCUT2D eigenvalue weighted by Gasteiger charge is -2.28. The maximum atomic E-state index is 12.1. The summed E-state index contributed by atoms with van der Waals surface area (Å²) in [6.07, 6.45) is 0.244. The summed E-state index contributed by atoms with van der Waals surface area (Å²) in [6, 6.07) is 0. The summed E-state index contributed by atoms with van der Waals surface area (Å²) in [5.41, 5.74) is -0.496. The number of carbonyl (C=O) groups excluding carboxylic acids is 1. The van der Waals surface area contributed by atoms with Crippen molar-refractivity contribution in [1.82, 2.24) is 10.2 Å². The molecule has 2 heterocycles. The van der Waals surface area contributed by atoms with Gasteiger partial charge in [-0.05, 0) is 26.3 Å². The third kappa shape index (κ3) is 1.87. The minimum Gasteiger partial charge on any atom is -0.388 e. The first-order valence-corrected chi connectivity index (χ1v) is 5.43. The summed E-state index contributed by atoms with van der Waals surface area (Å²) >= 11 is 0. The van der Waals surface area contributed by atoms with Crippen LogP contribution in [-0.2, 0) is 4.79 Å². The molecule has 3 N–H and O–H groups in total. The number of nitrogens with one attached hydrogen (secondary N) is 1. The molecule has 0 aromatic heterocycles. The fraction of sp³-hybridized carbons (Fsp3) is 0.900. The predicted molar refractivity (Wildman–Crippen MR) is 54.2 cm³/mol. The van der Waals surface area contributed by atoms with Crippen LogP contribution in [0.25, 0.3) is 0 Å². The average Bonchev–Trinajstić information content (AvgIpc) is 2.75. The maximum absolute atomic E-state index is 12.1. The lowest BCUT2D eigenvalue weighted by Crippen LogP contribution is -2.52. The third-order valence-corrected chi connectivity index (χ3v) is 3.39. The van der Waals surface area contributed by atoms with Crippen molar-refractivity contribution in [2.45, 2.75) is 37.5 Å². The number of aliphatic hydroxyl groups is 2. The average molecular weight is 214 g/mol. The van der Waals surface area contributed by atoms with E-state index in [1.807, 2.05) is 6.92 Å². The monoisotopic (exact) mass is 214 g/mol. The number of rotatable bonds is 1. The minimum absolute atomic E-state index is 0.00407. The van der Waals surface area contributed by atoms with Gasteiger partial charge in [-0.25, -0.2) is 0 Å². The van der Waals surface area contributed by atoms with Crippen LogP contribution in [0.3, 0.4) is 0 Å². The van der Waals surface area contributed by atoms with E-state index in [0.29, 0.717) is 0 Å². The summed E-state index contributed by atoms with van der Waals surface area (Å²) < 4.78 is 0. The molecule has 0 aliphatic carbocycles. The summed E-state index contributed by atoms with van der Waals surface area (Å²) in [7, 11) is 0. The molecule has 2 rings (SSSR count). The fourth-order valence-electron chi connectivity index (χ4n) is 2.36.